The molecule has 0 saturated heterocycles. The Hall–Kier alpha value is -0.500. The molecule has 1 aliphatic heterocycles. The van der Waals surface area contributed by atoms with Crippen LogP contribution >= 0.6 is 0 Å². The first-order chi connectivity index (χ1) is 3.00. The summed E-state index contributed by atoms with van der Waals surface area (Å²) in [4.78, 5) is 0. The molecule has 0 aliphatic carbocycles. The van der Waals surface area contributed by atoms with E-state index < -0.39 is 0 Å². The molecule has 0 aromatic carbocycles. The third-order valence-electron chi connectivity index (χ3n) is 0.676. The van der Waals surface area contributed by atoms with Gasteiger partial charge in [0, 0.05) is 12.7 Å². The second kappa shape index (κ2) is 1.82. The highest BCUT2D eigenvalue weighted by Gasteiger charge is 1.84. The van der Waals surface area contributed by atoms with E-state index in [4.69, 9.17) is 0 Å². The first-order valence-electron chi connectivity index (χ1n) is 2.02. The lowest BCUT2D eigenvalue weighted by molar-refractivity contribution is 0.660. The van der Waals surface area contributed by atoms with E-state index in [1.165, 1.54) is 0 Å². The summed E-state index contributed by atoms with van der Waals surface area (Å²) in [6.45, 7) is 1.76. The Morgan fingerprint density at radius 1 is 1.67 bits per heavy atom. The maximum Gasteiger partial charge on any atom is 0.0886 e. The largest absolute Gasteiger partial charge is 0.295 e. The van der Waals surface area contributed by atoms with Gasteiger partial charge in [-0.15, -0.1) is 0 Å². The number of hydrogen-bond donors (Lipinski definition) is 1. The van der Waals surface area contributed by atoms with Gasteiger partial charge in [0.25, 0.3) is 0 Å². The lowest BCUT2D eigenvalue weighted by Gasteiger charge is -2.02. The molecule has 0 aromatic heterocycles. The van der Waals surface area contributed by atoms with Crippen LogP contribution in [0.15, 0.2) is 12.3 Å². The number of rotatable bonds is 0. The lowest BCUT2D eigenvalue weighted by Crippen LogP contribution is -2.24. The summed E-state index contributed by atoms with van der Waals surface area (Å²) in [5.74, 6) is 0. The molecular weight excluding hydrogens is 76.1 g/mol. The van der Waals surface area contributed by atoms with Crippen LogP contribution in [-0.4, -0.2) is 13.2 Å². The first kappa shape index (κ1) is 3.68. The van der Waals surface area contributed by atoms with Crippen LogP contribution in [0.5, 0.6) is 0 Å². The van der Waals surface area contributed by atoms with E-state index in [-0.39, 0.29) is 0 Å². The van der Waals surface area contributed by atoms with Crippen molar-refractivity contribution in [1.29, 1.82) is 0 Å². The van der Waals surface area contributed by atoms with Gasteiger partial charge in [-0.1, -0.05) is 6.08 Å². The molecule has 0 spiro atoms. The molecule has 1 N–H and O–H groups in total. The molecule has 1 aliphatic rings. The van der Waals surface area contributed by atoms with Gasteiger partial charge in [0.15, 0.2) is 0 Å². The van der Waals surface area contributed by atoms with Crippen LogP contribution in [0.3, 0.4) is 0 Å². The van der Waals surface area contributed by atoms with Gasteiger partial charge in [-0.25, -0.2) is 0 Å². The molecule has 2 heteroatoms. The minimum absolute atomic E-state index is 0.788. The fourth-order valence-corrected chi connectivity index (χ4v) is 0.392. The molecule has 33 valence electrons. The van der Waals surface area contributed by atoms with Crippen molar-refractivity contribution < 1.29 is 0 Å². The zero-order valence-electron chi connectivity index (χ0n) is 3.52. The summed E-state index contributed by atoms with van der Waals surface area (Å²) >= 11 is 0. The van der Waals surface area contributed by atoms with Gasteiger partial charge < -0.3 is 0 Å². The molecule has 0 aromatic rings. The molecule has 0 saturated carbocycles. The second-order valence-corrected chi connectivity index (χ2v) is 1.18. The minimum atomic E-state index is 0.788. The van der Waals surface area contributed by atoms with Crippen molar-refractivity contribution in [3.63, 3.8) is 0 Å². The Bertz CT molecular complexity index is 50.6. The zero-order valence-corrected chi connectivity index (χ0v) is 3.52. The van der Waals surface area contributed by atoms with E-state index in [1.807, 2.05) is 12.3 Å². The molecule has 0 fully saturated rings. The van der Waals surface area contributed by atoms with Crippen LogP contribution < -0.4 is 10.6 Å². The van der Waals surface area contributed by atoms with Crippen molar-refractivity contribution in [3.8, 4) is 0 Å². The smallest absolute Gasteiger partial charge is 0.0886 e. The Labute approximate surface area is 37.2 Å². The fourth-order valence-electron chi connectivity index (χ4n) is 0.392. The predicted molar refractivity (Wildman–Crippen MR) is 24.1 cm³/mol. The number of nitrogens with zero attached hydrogens (tertiary/aromatic N) is 1. The molecule has 0 amide bonds. The van der Waals surface area contributed by atoms with Crippen molar-refractivity contribution >= 4 is 0 Å². The van der Waals surface area contributed by atoms with E-state index >= 15 is 0 Å². The van der Waals surface area contributed by atoms with E-state index in [2.05, 4.69) is 10.6 Å². The maximum absolute atomic E-state index is 3.89. The van der Waals surface area contributed by atoms with E-state index in [9.17, 15) is 0 Å². The Morgan fingerprint density at radius 2 is 2.67 bits per heavy atom. The fraction of sp³-hybridized carbons (Fsp3) is 0.500. The van der Waals surface area contributed by atoms with Crippen LogP contribution in [0.4, 0.5) is 0 Å². The van der Waals surface area contributed by atoms with Crippen LogP contribution in [0, 0.1) is 0 Å². The molecule has 2 nitrogen and oxygen atoms in total. The Kier molecular flexibility index (Phi) is 1.12. The monoisotopic (exact) mass is 83.1 g/mol. The van der Waals surface area contributed by atoms with Gasteiger partial charge in [0.05, 0.1) is 6.67 Å². The van der Waals surface area contributed by atoms with Crippen LogP contribution in [0.2, 0.25) is 0 Å². The average Bonchev–Trinajstić information content (AvgIpc) is 1.72. The molecular formula is C4H7N2. The maximum atomic E-state index is 3.89. The van der Waals surface area contributed by atoms with Crippen LogP contribution in [0.25, 0.3) is 0 Å². The molecule has 1 radical (unpaired) electrons. The highest BCUT2D eigenvalue weighted by atomic mass is 15.1. The quantitative estimate of drug-likeness (QED) is 0.426. The first-order valence-corrected chi connectivity index (χ1v) is 2.02. The van der Waals surface area contributed by atoms with Crippen molar-refractivity contribution in [2.24, 2.45) is 0 Å². The summed E-state index contributed by atoms with van der Waals surface area (Å²) in [6, 6.07) is 0. The van der Waals surface area contributed by atoms with E-state index in [1.54, 1.807) is 0 Å². The van der Waals surface area contributed by atoms with Gasteiger partial charge in [-0.05, 0) is 0 Å². The van der Waals surface area contributed by atoms with Crippen LogP contribution in [-0.2, 0) is 0 Å². The summed E-state index contributed by atoms with van der Waals surface area (Å²) in [6.07, 6.45) is 3.82. The Morgan fingerprint density at radius 3 is 2.83 bits per heavy atom. The summed E-state index contributed by atoms with van der Waals surface area (Å²) < 4.78 is 0. The number of hydrogen-bond acceptors (Lipinski definition) is 1. The van der Waals surface area contributed by atoms with Crippen molar-refractivity contribution in [2.45, 2.75) is 0 Å². The van der Waals surface area contributed by atoms with Gasteiger partial charge in [-0.2, -0.15) is 0 Å². The predicted octanol–water partition coefficient (Wildman–Crippen LogP) is -0.335. The highest BCUT2D eigenvalue weighted by molar-refractivity contribution is 4.84. The molecule has 0 atom stereocenters. The third-order valence-corrected chi connectivity index (χ3v) is 0.676. The highest BCUT2D eigenvalue weighted by Crippen LogP contribution is 1.71. The van der Waals surface area contributed by atoms with E-state index in [0.29, 0.717) is 0 Å². The summed E-state index contributed by atoms with van der Waals surface area (Å²) in [5.41, 5.74) is 0. The SMILES string of the molecule is C1=C[N]CNC1. The molecule has 0 unspecified atom stereocenters. The Balaban J connectivity index is 2.26. The number of nitrogens with one attached hydrogen (secondary N) is 1. The zero-order chi connectivity index (χ0) is 4.24. The van der Waals surface area contributed by atoms with Gasteiger partial charge >= 0.3 is 0 Å². The summed E-state index contributed by atoms with van der Waals surface area (Å²) in [7, 11) is 0. The van der Waals surface area contributed by atoms with Crippen LogP contribution in [0.1, 0.15) is 0 Å². The average molecular weight is 83.1 g/mol. The summed E-state index contributed by atoms with van der Waals surface area (Å²) in [5, 5.41) is 6.92. The van der Waals surface area contributed by atoms with Gasteiger partial charge in [0.1, 0.15) is 0 Å². The van der Waals surface area contributed by atoms with Crippen molar-refractivity contribution in [1.82, 2.24) is 10.6 Å². The van der Waals surface area contributed by atoms with Crippen molar-refractivity contribution in [2.75, 3.05) is 13.2 Å². The molecule has 6 heavy (non-hydrogen) atoms. The lowest BCUT2D eigenvalue weighted by atomic mass is 10.5. The van der Waals surface area contributed by atoms with Crippen molar-refractivity contribution in [3.05, 3.63) is 12.3 Å². The minimum Gasteiger partial charge on any atom is -0.295 e. The molecule has 0 bridgehead atoms. The van der Waals surface area contributed by atoms with Gasteiger partial charge in [-0.3, -0.25) is 10.6 Å². The second-order valence-electron chi connectivity index (χ2n) is 1.18. The van der Waals surface area contributed by atoms with E-state index in [0.717, 1.165) is 13.2 Å². The third kappa shape index (κ3) is 0.723. The standard InChI is InChI=1S/C4H7N2/c1-2-5-4-6-3-1/h1-2,6H,3-4H2. The normalized spacial score (nSPS) is 20.0. The molecule has 1 heterocycles. The molecule has 1 rings (SSSR count). The van der Waals surface area contributed by atoms with Gasteiger partial charge in [0.2, 0.25) is 0 Å². The topological polar surface area (TPSA) is 26.1 Å².